The molecule has 286 valence electrons. The molecule has 11 nitrogen and oxygen atoms in total. The van der Waals surface area contributed by atoms with E-state index in [0.717, 1.165) is 56.6 Å². The third kappa shape index (κ3) is 7.47. The average molecular weight is 754 g/mol. The largest absolute Gasteiger partial charge is 0.490 e. The van der Waals surface area contributed by atoms with E-state index in [0.29, 0.717) is 49.3 Å². The molecule has 5 aliphatic rings. The molecule has 2 fully saturated rings. The summed E-state index contributed by atoms with van der Waals surface area (Å²) in [5.41, 5.74) is 4.97. The second-order valence-electron chi connectivity index (χ2n) is 16.1. The summed E-state index contributed by atoms with van der Waals surface area (Å²) in [4.78, 5) is 35.6. The number of rotatable bonds is 4. The highest BCUT2D eigenvalue weighted by atomic mass is 32.2. The number of allylic oxidation sites excluding steroid dienone is 1. The first kappa shape index (κ1) is 36.6. The van der Waals surface area contributed by atoms with Crippen molar-refractivity contribution in [1.82, 2.24) is 14.6 Å². The fourth-order valence-electron chi connectivity index (χ4n) is 9.02. The number of carbonyl (C=O) groups excluding carboxylic acids is 2. The van der Waals surface area contributed by atoms with Crippen molar-refractivity contribution in [2.75, 3.05) is 50.5 Å². The molecule has 1 spiro atoms. The van der Waals surface area contributed by atoms with Gasteiger partial charge in [0.25, 0.3) is 5.91 Å². The number of aryl methyl sites for hydroxylation is 2. The molecule has 3 amide bonds. The number of ether oxygens (including phenoxy) is 3. The first-order valence-corrected chi connectivity index (χ1v) is 21.0. The SMILES string of the molecule is CO[C@H]1/C=C/C[C@H](C)CS(=O)(NC(=O)N2CC(Oc3cccnc3)C2)=NC(=O)c2ccc3c(c2)N(C[C@@H]2CC[C@H]21)C[C@@]1(CCCc2cc(C)ccc21)CO3. The lowest BCUT2D eigenvalue weighted by molar-refractivity contribution is 0.0131. The molecule has 3 aliphatic heterocycles. The van der Waals surface area contributed by atoms with Crippen molar-refractivity contribution in [2.45, 2.75) is 70.0 Å². The fraction of sp³-hybridized carbons (Fsp3) is 0.500. The smallest absolute Gasteiger partial charge is 0.330 e. The zero-order chi connectivity index (χ0) is 37.5. The van der Waals surface area contributed by atoms with E-state index in [2.05, 4.69) is 56.2 Å². The van der Waals surface area contributed by atoms with Crippen LogP contribution < -0.4 is 19.1 Å². The maximum Gasteiger partial charge on any atom is 0.330 e. The molecule has 6 atom stereocenters. The summed E-state index contributed by atoms with van der Waals surface area (Å²) in [7, 11) is -1.74. The van der Waals surface area contributed by atoms with Gasteiger partial charge in [0.05, 0.1) is 43.4 Å². The number of aromatic nitrogens is 1. The minimum absolute atomic E-state index is 0.0174. The van der Waals surface area contributed by atoms with Gasteiger partial charge in [0, 0.05) is 37.4 Å². The third-order valence-electron chi connectivity index (χ3n) is 12.0. The zero-order valence-electron chi connectivity index (χ0n) is 31.4. The molecule has 54 heavy (non-hydrogen) atoms. The standard InChI is InChI=1S/C42H51N5O6S/c1-28-11-15-36-30(19-28)8-5-17-42(36)26-47-22-32-12-14-35(32)38(51-3)10-4-7-29(2)25-54(50,44-40(48)31-13-16-39(52-27-42)37(47)20-31)45-41(49)46-23-34(24-46)53-33-9-6-18-43-21-33/h4,6,9-11,13,15-16,18-21,29,32,34-35,38H,5,7-8,12,14,17,22-27H2,1-3H3,(H,44,45,48,49,50)/b10-4+/t29-,32-,35+,38-,42-,54?/m0/s1. The average Bonchev–Trinajstić information content (AvgIpc) is 3.27. The van der Waals surface area contributed by atoms with Gasteiger partial charge in [0.2, 0.25) is 0 Å². The fourth-order valence-corrected chi connectivity index (χ4v) is 10.9. The number of carbonyl (C=O) groups is 2. The van der Waals surface area contributed by atoms with Crippen molar-refractivity contribution < 1.29 is 28.0 Å². The van der Waals surface area contributed by atoms with E-state index >= 15 is 0 Å². The molecule has 8 rings (SSSR count). The Balaban J connectivity index is 1.11. The molecule has 3 aromatic rings. The first-order chi connectivity index (χ1) is 26.1. The lowest BCUT2D eigenvalue weighted by Crippen LogP contribution is -2.59. The van der Waals surface area contributed by atoms with E-state index in [1.807, 2.05) is 25.1 Å². The Morgan fingerprint density at radius 2 is 1.98 bits per heavy atom. The minimum Gasteiger partial charge on any atom is -0.490 e. The monoisotopic (exact) mass is 753 g/mol. The van der Waals surface area contributed by atoms with E-state index in [-0.39, 0.29) is 29.3 Å². The molecule has 2 bridgehead atoms. The Kier molecular flexibility index (Phi) is 10.2. The van der Waals surface area contributed by atoms with Crippen LogP contribution in [0.15, 0.2) is 77.4 Å². The van der Waals surface area contributed by atoms with Crippen molar-refractivity contribution in [3.63, 3.8) is 0 Å². The van der Waals surface area contributed by atoms with Crippen molar-refractivity contribution in [3.8, 4) is 11.5 Å². The van der Waals surface area contributed by atoms with Crippen LogP contribution in [-0.2, 0) is 26.5 Å². The van der Waals surface area contributed by atoms with E-state index in [1.54, 1.807) is 31.6 Å². The van der Waals surface area contributed by atoms with Gasteiger partial charge in [-0.25, -0.2) is 9.00 Å². The highest BCUT2D eigenvalue weighted by Crippen LogP contribution is 2.47. The summed E-state index contributed by atoms with van der Waals surface area (Å²) in [6.45, 7) is 6.85. The van der Waals surface area contributed by atoms with E-state index < -0.39 is 21.9 Å². The van der Waals surface area contributed by atoms with Crippen molar-refractivity contribution in [1.29, 1.82) is 0 Å². The number of anilines is 1. The number of pyridine rings is 1. The quantitative estimate of drug-likeness (QED) is 0.300. The topological polar surface area (TPSA) is 123 Å². The molecule has 1 saturated heterocycles. The van der Waals surface area contributed by atoms with Crippen LogP contribution in [0.3, 0.4) is 0 Å². The number of benzene rings is 2. The summed E-state index contributed by atoms with van der Waals surface area (Å²) in [5.74, 6) is 1.36. The number of likely N-dealkylation sites (tertiary alicyclic amines) is 1. The molecule has 2 aromatic carbocycles. The van der Waals surface area contributed by atoms with Crippen LogP contribution in [0.1, 0.15) is 66.1 Å². The van der Waals surface area contributed by atoms with Crippen LogP contribution in [0, 0.1) is 24.7 Å². The van der Waals surface area contributed by atoms with E-state index in [1.165, 1.54) is 21.6 Å². The van der Waals surface area contributed by atoms with Crippen LogP contribution in [0.4, 0.5) is 10.5 Å². The van der Waals surface area contributed by atoms with Crippen LogP contribution >= 0.6 is 0 Å². The van der Waals surface area contributed by atoms with Gasteiger partial charge in [-0.15, -0.1) is 4.36 Å². The number of urea groups is 1. The highest BCUT2D eigenvalue weighted by molar-refractivity contribution is 7.92. The van der Waals surface area contributed by atoms with Crippen molar-refractivity contribution in [3.05, 3.63) is 95.3 Å². The Morgan fingerprint density at radius 3 is 2.76 bits per heavy atom. The number of hydrogen-bond acceptors (Lipinski definition) is 8. The van der Waals surface area contributed by atoms with Crippen LogP contribution in [0.5, 0.6) is 11.5 Å². The molecule has 1 saturated carbocycles. The Labute approximate surface area is 318 Å². The summed E-state index contributed by atoms with van der Waals surface area (Å²) >= 11 is 0. The number of fused-ring (bicyclic) bond motifs is 4. The van der Waals surface area contributed by atoms with Gasteiger partial charge < -0.3 is 24.0 Å². The normalized spacial score (nSPS) is 30.3. The molecule has 4 heterocycles. The Morgan fingerprint density at radius 1 is 1.11 bits per heavy atom. The van der Waals surface area contributed by atoms with Gasteiger partial charge in [-0.3, -0.25) is 14.5 Å². The molecule has 0 radical (unpaired) electrons. The molecule has 1 N–H and O–H groups in total. The predicted molar refractivity (Wildman–Crippen MR) is 208 cm³/mol. The minimum atomic E-state index is -3.52. The van der Waals surface area contributed by atoms with Gasteiger partial charge in [-0.2, -0.15) is 0 Å². The predicted octanol–water partition coefficient (Wildman–Crippen LogP) is 6.50. The zero-order valence-corrected chi connectivity index (χ0v) is 32.3. The van der Waals surface area contributed by atoms with Crippen LogP contribution in [-0.4, -0.2) is 83.9 Å². The first-order valence-electron chi connectivity index (χ1n) is 19.3. The lowest BCUT2D eigenvalue weighted by atomic mass is 9.68. The maximum absolute atomic E-state index is 14.6. The molecule has 2 aliphatic carbocycles. The van der Waals surface area contributed by atoms with Crippen LogP contribution in [0.25, 0.3) is 0 Å². The van der Waals surface area contributed by atoms with Crippen molar-refractivity contribution >= 4 is 27.5 Å². The van der Waals surface area contributed by atoms with Gasteiger partial charge >= 0.3 is 6.03 Å². The molecule has 1 unspecified atom stereocenters. The second-order valence-corrected chi connectivity index (χ2v) is 18.1. The summed E-state index contributed by atoms with van der Waals surface area (Å²) in [5, 5.41) is 0. The van der Waals surface area contributed by atoms with Crippen molar-refractivity contribution in [2.24, 2.45) is 22.1 Å². The number of amides is 3. The Hall–Kier alpha value is -4.42. The molecule has 1 aromatic heterocycles. The van der Waals surface area contributed by atoms with E-state index in [4.69, 9.17) is 14.2 Å². The van der Waals surface area contributed by atoms with Gasteiger partial charge in [0.15, 0.2) is 0 Å². The summed E-state index contributed by atoms with van der Waals surface area (Å²) < 4.78 is 40.3. The molecular formula is C42H51N5O6S. The van der Waals surface area contributed by atoms with Crippen LogP contribution in [0.2, 0.25) is 0 Å². The molecule has 12 heteroatoms. The number of hydrogen-bond donors (Lipinski definition) is 1. The van der Waals surface area contributed by atoms with Gasteiger partial charge in [-0.05, 0) is 105 Å². The lowest BCUT2D eigenvalue weighted by Gasteiger charge is -2.46. The Bertz CT molecular complexity index is 2040. The maximum atomic E-state index is 14.6. The van der Waals surface area contributed by atoms with E-state index in [9.17, 15) is 13.8 Å². The van der Waals surface area contributed by atoms with Gasteiger partial charge in [0.1, 0.15) is 27.5 Å². The number of nitrogens with one attached hydrogen (secondary N) is 1. The summed E-state index contributed by atoms with van der Waals surface area (Å²) in [6.07, 6.45) is 13.2. The van der Waals surface area contributed by atoms with Gasteiger partial charge in [-0.1, -0.05) is 42.8 Å². The highest BCUT2D eigenvalue weighted by Gasteiger charge is 2.44. The second kappa shape index (κ2) is 15.0. The number of methoxy groups -OCH3 is 1. The summed E-state index contributed by atoms with van der Waals surface area (Å²) in [6, 6.07) is 15.3. The molecular weight excluding hydrogens is 703 g/mol. The third-order valence-corrected chi connectivity index (χ3v) is 14.0. The number of nitrogens with zero attached hydrogens (tertiary/aromatic N) is 4.